The Morgan fingerprint density at radius 3 is 2.40 bits per heavy atom. The van der Waals surface area contributed by atoms with E-state index < -0.39 is 11.2 Å². The second kappa shape index (κ2) is 6.51. The van der Waals surface area contributed by atoms with Crippen LogP contribution in [0.3, 0.4) is 0 Å². The van der Waals surface area contributed by atoms with E-state index in [-0.39, 0.29) is 12.4 Å². The zero-order chi connectivity index (χ0) is 7.28. The molecule has 0 N–H and O–H groups in total. The molecule has 0 unspecified atom stereocenters. The molecule has 0 amide bonds. The molecule has 0 radical (unpaired) electrons. The molecule has 0 aromatic heterocycles. The molecule has 6 heteroatoms. The summed E-state index contributed by atoms with van der Waals surface area (Å²) in [6.07, 6.45) is 0.697. The SMILES string of the molecule is CC(=O)O/N=C\C(=O)Cl.Cl. The number of carbonyl (C=O) groups is 2. The smallest absolute Gasteiger partial charge is 0.318 e. The molecule has 4 nitrogen and oxygen atoms in total. The Kier molecular flexibility index (Phi) is 7.88. The van der Waals surface area contributed by atoms with E-state index in [9.17, 15) is 9.59 Å². The third kappa shape index (κ3) is 10.4. The molecule has 0 aliphatic heterocycles. The van der Waals surface area contributed by atoms with Crippen LogP contribution in [0.4, 0.5) is 0 Å². The van der Waals surface area contributed by atoms with Gasteiger partial charge in [0.05, 0.1) is 0 Å². The van der Waals surface area contributed by atoms with E-state index in [2.05, 4.69) is 9.99 Å². The van der Waals surface area contributed by atoms with Gasteiger partial charge in [-0.15, -0.1) is 12.4 Å². The Bertz CT molecular complexity index is 157. The van der Waals surface area contributed by atoms with Crippen LogP contribution in [-0.2, 0) is 14.4 Å². The van der Waals surface area contributed by atoms with Gasteiger partial charge in [0.25, 0.3) is 5.24 Å². The van der Waals surface area contributed by atoms with Crippen LogP contribution in [0.2, 0.25) is 0 Å². The van der Waals surface area contributed by atoms with Crippen LogP contribution in [0, 0.1) is 0 Å². The van der Waals surface area contributed by atoms with Gasteiger partial charge in [-0.3, -0.25) is 4.79 Å². The minimum absolute atomic E-state index is 0. The van der Waals surface area contributed by atoms with Gasteiger partial charge in [0, 0.05) is 6.92 Å². The fourth-order valence-electron chi connectivity index (χ4n) is 0.142. The summed E-state index contributed by atoms with van der Waals surface area (Å²) >= 11 is 4.78. The minimum Gasteiger partial charge on any atom is -0.318 e. The molecule has 58 valence electrons. The van der Waals surface area contributed by atoms with Crippen molar-refractivity contribution in [3.05, 3.63) is 0 Å². The van der Waals surface area contributed by atoms with Crippen LogP contribution in [0.15, 0.2) is 5.16 Å². The standard InChI is InChI=1S/C4H4ClNO3.ClH/c1-3(7)9-6-2-4(5)8;/h2H,1H3;1H/b6-2-;. The van der Waals surface area contributed by atoms with E-state index in [0.29, 0.717) is 6.21 Å². The Morgan fingerprint density at radius 1 is 1.60 bits per heavy atom. The summed E-state index contributed by atoms with van der Waals surface area (Å²) in [6.45, 7) is 1.16. The van der Waals surface area contributed by atoms with E-state index in [1.54, 1.807) is 0 Å². The molecular formula is C4H5Cl2NO3. The summed E-state index contributed by atoms with van der Waals surface area (Å²) in [5.74, 6) is -0.593. The summed E-state index contributed by atoms with van der Waals surface area (Å²) < 4.78 is 0. The van der Waals surface area contributed by atoms with Crippen molar-refractivity contribution in [2.45, 2.75) is 6.92 Å². The Labute approximate surface area is 68.6 Å². The van der Waals surface area contributed by atoms with E-state index >= 15 is 0 Å². The maximum Gasteiger partial charge on any atom is 0.331 e. The van der Waals surface area contributed by atoms with Gasteiger partial charge in [-0.25, -0.2) is 4.79 Å². The predicted molar refractivity (Wildman–Crippen MR) is 38.4 cm³/mol. The molecule has 0 atom stereocenters. The summed E-state index contributed by atoms with van der Waals surface area (Å²) in [5, 5.41) is 2.13. The average molecular weight is 186 g/mol. The number of rotatable bonds is 2. The first kappa shape index (κ1) is 12.1. The van der Waals surface area contributed by atoms with Crippen molar-refractivity contribution in [2.24, 2.45) is 5.16 Å². The maximum absolute atomic E-state index is 9.93. The minimum atomic E-state index is -0.781. The van der Waals surface area contributed by atoms with Gasteiger partial charge < -0.3 is 4.84 Å². The van der Waals surface area contributed by atoms with Crippen LogP contribution in [-0.4, -0.2) is 17.4 Å². The molecule has 0 aromatic rings. The number of carbonyl (C=O) groups excluding carboxylic acids is 2. The van der Waals surface area contributed by atoms with Gasteiger partial charge in [-0.1, -0.05) is 5.16 Å². The molecule has 0 saturated carbocycles. The lowest BCUT2D eigenvalue weighted by atomic mass is 10.8. The normalized spacial score (nSPS) is 8.60. The molecule has 0 heterocycles. The zero-order valence-electron chi connectivity index (χ0n) is 5.04. The predicted octanol–water partition coefficient (Wildman–Crippen LogP) is 0.722. The van der Waals surface area contributed by atoms with Gasteiger partial charge in [-0.2, -0.15) is 0 Å². The first-order valence-corrected chi connectivity index (χ1v) is 2.41. The van der Waals surface area contributed by atoms with Gasteiger partial charge >= 0.3 is 5.97 Å². The molecular weight excluding hydrogens is 181 g/mol. The first-order chi connectivity index (χ1) is 4.13. The number of hydrogen-bond donors (Lipinski definition) is 0. The van der Waals surface area contributed by atoms with Gasteiger partial charge in [0.2, 0.25) is 0 Å². The highest BCUT2D eigenvalue weighted by Gasteiger charge is 1.88. The highest BCUT2D eigenvalue weighted by molar-refractivity contribution is 6.77. The van der Waals surface area contributed by atoms with Crippen LogP contribution in [0.25, 0.3) is 0 Å². The summed E-state index contributed by atoms with van der Waals surface area (Å²) in [6, 6.07) is 0. The Hall–Kier alpha value is -0.610. The highest BCUT2D eigenvalue weighted by Crippen LogP contribution is 1.77. The lowest BCUT2D eigenvalue weighted by Crippen LogP contribution is -1.93. The van der Waals surface area contributed by atoms with Crippen LogP contribution < -0.4 is 0 Å². The number of halogens is 2. The largest absolute Gasteiger partial charge is 0.331 e. The topological polar surface area (TPSA) is 55.7 Å². The molecule has 0 saturated heterocycles. The van der Waals surface area contributed by atoms with Gasteiger partial charge in [-0.05, 0) is 11.6 Å². The number of nitrogens with zero attached hydrogens (tertiary/aromatic N) is 1. The molecule has 0 rings (SSSR count). The number of oxime groups is 1. The summed E-state index contributed by atoms with van der Waals surface area (Å²) in [7, 11) is 0. The Morgan fingerprint density at radius 2 is 2.10 bits per heavy atom. The lowest BCUT2D eigenvalue weighted by Gasteiger charge is -1.83. The monoisotopic (exact) mass is 185 g/mol. The van der Waals surface area contributed by atoms with E-state index in [0.717, 1.165) is 6.92 Å². The van der Waals surface area contributed by atoms with Crippen LogP contribution >= 0.6 is 24.0 Å². The fraction of sp³-hybridized carbons (Fsp3) is 0.250. The second-order valence-corrected chi connectivity index (χ2v) is 1.49. The van der Waals surface area contributed by atoms with Crippen LogP contribution in [0.1, 0.15) is 6.92 Å². The molecule has 0 spiro atoms. The highest BCUT2D eigenvalue weighted by atomic mass is 35.5. The van der Waals surface area contributed by atoms with E-state index in [1.165, 1.54) is 0 Å². The van der Waals surface area contributed by atoms with Gasteiger partial charge in [0.1, 0.15) is 6.21 Å². The van der Waals surface area contributed by atoms with Crippen molar-refractivity contribution >= 4 is 41.4 Å². The van der Waals surface area contributed by atoms with E-state index in [1.807, 2.05) is 0 Å². The van der Waals surface area contributed by atoms with Crippen molar-refractivity contribution in [3.63, 3.8) is 0 Å². The summed E-state index contributed by atoms with van der Waals surface area (Å²) in [5.41, 5.74) is 0. The van der Waals surface area contributed by atoms with Crippen molar-refractivity contribution in [1.82, 2.24) is 0 Å². The third-order valence-corrected chi connectivity index (χ3v) is 0.433. The first-order valence-electron chi connectivity index (χ1n) is 2.03. The average Bonchev–Trinajstić information content (AvgIpc) is 1.63. The lowest BCUT2D eigenvalue weighted by molar-refractivity contribution is -0.140. The molecule has 10 heavy (non-hydrogen) atoms. The summed E-state index contributed by atoms with van der Waals surface area (Å²) in [4.78, 5) is 23.8. The third-order valence-electron chi connectivity index (χ3n) is 0.335. The molecule has 0 aromatic carbocycles. The van der Waals surface area contributed by atoms with Crippen LogP contribution in [0.5, 0.6) is 0 Å². The quantitative estimate of drug-likeness (QED) is 0.276. The molecule has 0 aliphatic carbocycles. The second-order valence-electron chi connectivity index (χ2n) is 1.12. The fourth-order valence-corrected chi connectivity index (χ4v) is 0.182. The van der Waals surface area contributed by atoms with Crippen molar-refractivity contribution < 1.29 is 14.4 Å². The maximum atomic E-state index is 9.93. The van der Waals surface area contributed by atoms with E-state index in [4.69, 9.17) is 11.6 Å². The molecule has 0 bridgehead atoms. The Balaban J connectivity index is 0. The van der Waals surface area contributed by atoms with Crippen molar-refractivity contribution in [3.8, 4) is 0 Å². The molecule has 0 fully saturated rings. The van der Waals surface area contributed by atoms with Crippen molar-refractivity contribution in [1.29, 1.82) is 0 Å². The van der Waals surface area contributed by atoms with Gasteiger partial charge in [0.15, 0.2) is 0 Å². The zero-order valence-corrected chi connectivity index (χ0v) is 6.61. The molecule has 0 aliphatic rings. The van der Waals surface area contributed by atoms with Crippen molar-refractivity contribution in [2.75, 3.05) is 0 Å². The number of hydrogen-bond acceptors (Lipinski definition) is 4.